The maximum Gasteiger partial charge on any atom is 0.224 e. The topological polar surface area (TPSA) is 20.3 Å². The van der Waals surface area contributed by atoms with Crippen LogP contribution in [0.2, 0.25) is 0 Å². The van der Waals surface area contributed by atoms with Crippen molar-refractivity contribution in [2.75, 3.05) is 6.54 Å². The molecule has 17 heavy (non-hydrogen) atoms. The summed E-state index contributed by atoms with van der Waals surface area (Å²) >= 11 is 0. The molecule has 0 N–H and O–H groups in total. The molecule has 1 unspecified atom stereocenters. The van der Waals surface area contributed by atoms with E-state index in [9.17, 15) is 4.79 Å². The van der Waals surface area contributed by atoms with Crippen molar-refractivity contribution in [3.63, 3.8) is 0 Å². The summed E-state index contributed by atoms with van der Waals surface area (Å²) in [5.41, 5.74) is 0. The third kappa shape index (κ3) is 2.65. The normalized spacial score (nSPS) is 34.1. The number of rotatable bonds is 2. The van der Waals surface area contributed by atoms with Gasteiger partial charge < -0.3 is 4.90 Å². The average molecular weight is 233 g/mol. The number of hydrogen-bond donors (Lipinski definition) is 0. The highest BCUT2D eigenvalue weighted by Gasteiger charge is 2.35. The van der Waals surface area contributed by atoms with Crippen molar-refractivity contribution in [1.29, 1.82) is 0 Å². The van der Waals surface area contributed by atoms with Crippen LogP contribution in [0.5, 0.6) is 0 Å². The van der Waals surface area contributed by atoms with Gasteiger partial charge in [0.25, 0.3) is 0 Å². The number of carbonyl (C=O) groups is 1. The zero-order valence-corrected chi connectivity index (χ0v) is 11.0. The molecule has 1 aliphatic heterocycles. The van der Waals surface area contributed by atoms with Crippen LogP contribution in [0.15, 0.2) is 0 Å². The molecule has 0 aromatic rings. The average Bonchev–Trinajstić information content (AvgIpc) is 2.71. The monoisotopic (exact) mass is 233 g/mol. The fourth-order valence-corrected chi connectivity index (χ4v) is 3.28. The van der Waals surface area contributed by atoms with Crippen molar-refractivity contribution in [1.82, 2.24) is 4.90 Å². The lowest BCUT2D eigenvalue weighted by Crippen LogP contribution is -2.39. The van der Waals surface area contributed by atoms with Gasteiger partial charge in [0.05, 0.1) is 0 Å². The summed E-state index contributed by atoms with van der Waals surface area (Å²) in [5.74, 6) is 4.80. The standard InChI is InChI=1S/C15H23NO/c1-4-12-9-15(17)16(10-12)14-7-5-13(6-8-14)11(2)3/h1,11-14H,5-10H2,2-3H3. The highest BCUT2D eigenvalue weighted by Crippen LogP contribution is 2.34. The number of carbonyl (C=O) groups excluding carboxylic acids is 1. The number of hydrogen-bond acceptors (Lipinski definition) is 1. The van der Waals surface area contributed by atoms with E-state index in [0.29, 0.717) is 12.5 Å². The Morgan fingerprint density at radius 3 is 2.41 bits per heavy atom. The van der Waals surface area contributed by atoms with Gasteiger partial charge in [-0.15, -0.1) is 12.3 Å². The molecule has 0 aromatic heterocycles. The van der Waals surface area contributed by atoms with Gasteiger partial charge in [-0.3, -0.25) is 4.79 Å². The lowest BCUT2D eigenvalue weighted by atomic mass is 9.79. The minimum Gasteiger partial charge on any atom is -0.338 e. The maximum absolute atomic E-state index is 11.9. The quantitative estimate of drug-likeness (QED) is 0.672. The lowest BCUT2D eigenvalue weighted by Gasteiger charge is -2.36. The van der Waals surface area contributed by atoms with Crippen LogP contribution >= 0.6 is 0 Å². The van der Waals surface area contributed by atoms with Gasteiger partial charge in [-0.25, -0.2) is 0 Å². The van der Waals surface area contributed by atoms with Crippen molar-refractivity contribution in [2.45, 2.75) is 52.0 Å². The molecule has 2 heteroatoms. The number of terminal acetylenes is 1. The molecule has 2 rings (SSSR count). The zero-order valence-electron chi connectivity index (χ0n) is 11.0. The van der Waals surface area contributed by atoms with E-state index >= 15 is 0 Å². The molecular weight excluding hydrogens is 210 g/mol. The zero-order chi connectivity index (χ0) is 12.4. The number of likely N-dealkylation sites (tertiary alicyclic amines) is 1. The fourth-order valence-electron chi connectivity index (χ4n) is 3.28. The van der Waals surface area contributed by atoms with E-state index < -0.39 is 0 Å². The van der Waals surface area contributed by atoms with Gasteiger partial charge in [-0.1, -0.05) is 13.8 Å². The van der Waals surface area contributed by atoms with E-state index in [2.05, 4.69) is 24.7 Å². The Morgan fingerprint density at radius 1 is 1.29 bits per heavy atom. The number of amides is 1. The first kappa shape index (κ1) is 12.5. The molecule has 1 atom stereocenters. The highest BCUT2D eigenvalue weighted by molar-refractivity contribution is 5.79. The highest BCUT2D eigenvalue weighted by atomic mass is 16.2. The molecule has 0 spiro atoms. The first-order valence-electron chi connectivity index (χ1n) is 6.87. The summed E-state index contributed by atoms with van der Waals surface area (Å²) in [6.45, 7) is 5.41. The molecule has 1 heterocycles. The summed E-state index contributed by atoms with van der Waals surface area (Å²) in [6, 6.07) is 0.468. The van der Waals surface area contributed by atoms with Crippen molar-refractivity contribution in [2.24, 2.45) is 17.8 Å². The van der Waals surface area contributed by atoms with E-state index in [0.717, 1.165) is 18.4 Å². The van der Waals surface area contributed by atoms with E-state index in [4.69, 9.17) is 6.42 Å². The SMILES string of the molecule is C#CC1CC(=O)N(C2CCC(C(C)C)CC2)C1. The Labute approximate surface area is 105 Å². The molecule has 1 saturated carbocycles. The fraction of sp³-hybridized carbons (Fsp3) is 0.800. The molecule has 2 fully saturated rings. The molecule has 1 amide bonds. The van der Waals surface area contributed by atoms with Crippen LogP contribution in [0.3, 0.4) is 0 Å². The Morgan fingerprint density at radius 2 is 1.94 bits per heavy atom. The summed E-state index contributed by atoms with van der Waals surface area (Å²) in [4.78, 5) is 13.9. The molecular formula is C15H23NO. The van der Waals surface area contributed by atoms with Gasteiger partial charge in [-0.2, -0.15) is 0 Å². The summed E-state index contributed by atoms with van der Waals surface area (Å²) in [6.07, 6.45) is 10.9. The van der Waals surface area contributed by atoms with E-state index in [1.54, 1.807) is 0 Å². The molecule has 94 valence electrons. The second-order valence-corrected chi connectivity index (χ2v) is 5.93. The Balaban J connectivity index is 1.89. The smallest absolute Gasteiger partial charge is 0.224 e. The largest absolute Gasteiger partial charge is 0.338 e. The van der Waals surface area contributed by atoms with Crippen molar-refractivity contribution >= 4 is 5.91 Å². The van der Waals surface area contributed by atoms with Gasteiger partial charge in [0.15, 0.2) is 0 Å². The van der Waals surface area contributed by atoms with E-state index in [-0.39, 0.29) is 11.8 Å². The van der Waals surface area contributed by atoms with Crippen molar-refractivity contribution in [3.8, 4) is 12.3 Å². The van der Waals surface area contributed by atoms with Gasteiger partial charge >= 0.3 is 0 Å². The van der Waals surface area contributed by atoms with Crippen LogP contribution in [0.4, 0.5) is 0 Å². The summed E-state index contributed by atoms with van der Waals surface area (Å²) < 4.78 is 0. The Kier molecular flexibility index (Phi) is 3.76. The molecule has 0 aromatic carbocycles. The van der Waals surface area contributed by atoms with Gasteiger partial charge in [-0.05, 0) is 37.5 Å². The predicted octanol–water partition coefficient (Wildman–Crippen LogP) is 2.68. The minimum atomic E-state index is 0.158. The van der Waals surface area contributed by atoms with Gasteiger partial charge in [0.1, 0.15) is 0 Å². The van der Waals surface area contributed by atoms with Gasteiger partial charge in [0.2, 0.25) is 5.91 Å². The van der Waals surface area contributed by atoms with Crippen LogP contribution in [0.1, 0.15) is 46.0 Å². The predicted molar refractivity (Wildman–Crippen MR) is 69.2 cm³/mol. The lowest BCUT2D eigenvalue weighted by molar-refractivity contribution is -0.130. The van der Waals surface area contributed by atoms with E-state index in [1.165, 1.54) is 25.7 Å². The summed E-state index contributed by atoms with van der Waals surface area (Å²) in [7, 11) is 0. The Bertz CT molecular complexity index is 320. The second-order valence-electron chi connectivity index (χ2n) is 5.93. The van der Waals surface area contributed by atoms with E-state index in [1.807, 2.05) is 0 Å². The maximum atomic E-state index is 11.9. The molecule has 2 nitrogen and oxygen atoms in total. The van der Waals surface area contributed by atoms with Crippen LogP contribution in [-0.4, -0.2) is 23.4 Å². The van der Waals surface area contributed by atoms with Crippen LogP contribution in [-0.2, 0) is 4.79 Å². The Hall–Kier alpha value is -0.970. The van der Waals surface area contributed by atoms with Gasteiger partial charge in [0, 0.05) is 24.9 Å². The van der Waals surface area contributed by atoms with Crippen molar-refractivity contribution < 1.29 is 4.79 Å². The molecule has 0 bridgehead atoms. The van der Waals surface area contributed by atoms with Crippen molar-refractivity contribution in [3.05, 3.63) is 0 Å². The summed E-state index contributed by atoms with van der Waals surface area (Å²) in [5, 5.41) is 0. The first-order chi connectivity index (χ1) is 8.11. The first-order valence-corrected chi connectivity index (χ1v) is 6.87. The molecule has 1 aliphatic carbocycles. The minimum absolute atomic E-state index is 0.158. The third-order valence-electron chi connectivity index (χ3n) is 4.52. The third-order valence-corrected chi connectivity index (χ3v) is 4.52. The van der Waals surface area contributed by atoms with Crippen LogP contribution < -0.4 is 0 Å². The van der Waals surface area contributed by atoms with Crippen LogP contribution in [0.25, 0.3) is 0 Å². The molecule has 2 aliphatic rings. The molecule has 1 saturated heterocycles. The number of nitrogens with zero attached hydrogens (tertiary/aromatic N) is 1. The molecule has 0 radical (unpaired) electrons. The van der Waals surface area contributed by atoms with Crippen LogP contribution in [0, 0.1) is 30.1 Å². The second kappa shape index (κ2) is 5.12.